The summed E-state index contributed by atoms with van der Waals surface area (Å²) >= 11 is 1.85. The van der Waals surface area contributed by atoms with E-state index in [1.807, 2.05) is 23.5 Å². The summed E-state index contributed by atoms with van der Waals surface area (Å²) in [5.41, 5.74) is 1.39. The van der Waals surface area contributed by atoms with Gasteiger partial charge in [0.25, 0.3) is 0 Å². The zero-order valence-corrected chi connectivity index (χ0v) is 10.7. The van der Waals surface area contributed by atoms with E-state index in [0.717, 1.165) is 12.3 Å². The van der Waals surface area contributed by atoms with Gasteiger partial charge < -0.3 is 9.73 Å². The van der Waals surface area contributed by atoms with Crippen molar-refractivity contribution in [2.24, 2.45) is 0 Å². The van der Waals surface area contributed by atoms with Gasteiger partial charge in [-0.1, -0.05) is 0 Å². The van der Waals surface area contributed by atoms with Gasteiger partial charge in [0, 0.05) is 16.3 Å². The van der Waals surface area contributed by atoms with E-state index in [-0.39, 0.29) is 6.04 Å². The van der Waals surface area contributed by atoms with Crippen LogP contribution in [0.4, 0.5) is 0 Å². The van der Waals surface area contributed by atoms with E-state index in [2.05, 4.69) is 32.2 Å². The lowest BCUT2D eigenvalue weighted by molar-refractivity contribution is 0.430. The van der Waals surface area contributed by atoms with Crippen LogP contribution in [0.5, 0.6) is 0 Å². The number of hydrogen-bond donors (Lipinski definition) is 1. The second-order valence-electron chi connectivity index (χ2n) is 4.06. The van der Waals surface area contributed by atoms with Crippen molar-refractivity contribution in [3.8, 4) is 0 Å². The first-order valence-electron chi connectivity index (χ1n) is 5.49. The second kappa shape index (κ2) is 4.85. The maximum atomic E-state index is 5.36. The fraction of sp³-hybridized carbons (Fsp3) is 0.385. The van der Waals surface area contributed by atoms with Crippen LogP contribution in [0.15, 0.2) is 28.9 Å². The first-order chi connectivity index (χ1) is 7.66. The fourth-order valence-electron chi connectivity index (χ4n) is 1.76. The first-order valence-corrected chi connectivity index (χ1v) is 6.31. The van der Waals surface area contributed by atoms with Crippen LogP contribution < -0.4 is 5.32 Å². The van der Waals surface area contributed by atoms with Gasteiger partial charge in [0.05, 0.1) is 12.3 Å². The highest BCUT2D eigenvalue weighted by Crippen LogP contribution is 2.21. The summed E-state index contributed by atoms with van der Waals surface area (Å²) in [4.78, 5) is 2.77. The molecule has 0 aromatic carbocycles. The van der Waals surface area contributed by atoms with E-state index in [1.54, 1.807) is 6.26 Å². The van der Waals surface area contributed by atoms with E-state index in [9.17, 15) is 0 Å². The Morgan fingerprint density at radius 3 is 2.81 bits per heavy atom. The number of hydrogen-bond acceptors (Lipinski definition) is 3. The molecule has 16 heavy (non-hydrogen) atoms. The molecule has 0 saturated heterocycles. The molecular formula is C13H17NOS. The first kappa shape index (κ1) is 11.4. The van der Waals surface area contributed by atoms with Gasteiger partial charge in [-0.3, -0.25) is 0 Å². The maximum Gasteiger partial charge on any atom is 0.120 e. The molecule has 0 amide bonds. The topological polar surface area (TPSA) is 25.2 Å². The molecule has 2 aromatic rings. The van der Waals surface area contributed by atoms with Crippen molar-refractivity contribution >= 4 is 11.3 Å². The van der Waals surface area contributed by atoms with Crippen molar-refractivity contribution < 1.29 is 4.42 Å². The molecule has 0 fully saturated rings. The molecule has 86 valence electrons. The Morgan fingerprint density at radius 2 is 2.25 bits per heavy atom. The Morgan fingerprint density at radius 1 is 1.44 bits per heavy atom. The average Bonchev–Trinajstić information content (AvgIpc) is 2.84. The molecule has 0 bridgehead atoms. The summed E-state index contributed by atoms with van der Waals surface area (Å²) in [6, 6.07) is 6.44. The van der Waals surface area contributed by atoms with Crippen molar-refractivity contribution in [3.05, 3.63) is 45.5 Å². The number of rotatable bonds is 4. The average molecular weight is 235 g/mol. The molecule has 0 unspecified atom stereocenters. The zero-order chi connectivity index (χ0) is 11.5. The standard InChI is InChI=1S/C13H17NOS/c1-9-7-12(11(3)16-9)8-14-10(2)13-5-4-6-15-13/h4-7,10,14H,8H2,1-3H3/t10-/m0/s1. The minimum atomic E-state index is 0.259. The fourth-order valence-corrected chi connectivity index (χ4v) is 2.71. The van der Waals surface area contributed by atoms with E-state index in [0.29, 0.717) is 0 Å². The summed E-state index contributed by atoms with van der Waals surface area (Å²) < 4.78 is 5.36. The highest BCUT2D eigenvalue weighted by molar-refractivity contribution is 7.12. The molecule has 2 heterocycles. The van der Waals surface area contributed by atoms with Gasteiger partial charge in [0.1, 0.15) is 5.76 Å². The third-order valence-electron chi connectivity index (χ3n) is 2.71. The van der Waals surface area contributed by atoms with Crippen LogP contribution >= 0.6 is 11.3 Å². The summed E-state index contributed by atoms with van der Waals surface area (Å²) in [6.45, 7) is 7.34. The quantitative estimate of drug-likeness (QED) is 0.871. The number of nitrogens with one attached hydrogen (secondary N) is 1. The lowest BCUT2D eigenvalue weighted by Crippen LogP contribution is -2.17. The normalized spacial score (nSPS) is 12.9. The lowest BCUT2D eigenvalue weighted by Gasteiger charge is -2.10. The van der Waals surface area contributed by atoms with Crippen LogP contribution in [-0.2, 0) is 6.54 Å². The third-order valence-corrected chi connectivity index (χ3v) is 3.72. The highest BCUT2D eigenvalue weighted by atomic mass is 32.1. The van der Waals surface area contributed by atoms with Crippen LogP contribution in [0.1, 0.15) is 34.0 Å². The molecule has 1 atom stereocenters. The molecule has 3 heteroatoms. The number of aryl methyl sites for hydroxylation is 2. The van der Waals surface area contributed by atoms with Crippen LogP contribution in [0.3, 0.4) is 0 Å². The lowest BCUT2D eigenvalue weighted by atomic mass is 10.2. The van der Waals surface area contributed by atoms with Crippen molar-refractivity contribution in [1.82, 2.24) is 5.32 Å². The SMILES string of the molecule is Cc1cc(CN[C@@H](C)c2ccco2)c(C)s1. The molecule has 2 aromatic heterocycles. The Hall–Kier alpha value is -1.06. The Balaban J connectivity index is 1.95. The summed E-state index contributed by atoms with van der Waals surface area (Å²) in [5, 5.41) is 3.47. The summed E-state index contributed by atoms with van der Waals surface area (Å²) in [7, 11) is 0. The largest absolute Gasteiger partial charge is 0.468 e. The molecular weight excluding hydrogens is 218 g/mol. The minimum Gasteiger partial charge on any atom is -0.468 e. The van der Waals surface area contributed by atoms with Gasteiger partial charge in [-0.05, 0) is 44.5 Å². The summed E-state index contributed by atoms with van der Waals surface area (Å²) in [6.07, 6.45) is 1.72. The molecule has 0 saturated carbocycles. The molecule has 0 aliphatic carbocycles. The maximum absolute atomic E-state index is 5.36. The predicted octanol–water partition coefficient (Wildman–Crippen LogP) is 3.81. The second-order valence-corrected chi connectivity index (χ2v) is 5.52. The Labute approximate surface area is 100 Å². The Kier molecular flexibility index (Phi) is 3.46. The highest BCUT2D eigenvalue weighted by Gasteiger charge is 2.09. The van der Waals surface area contributed by atoms with Gasteiger partial charge in [-0.15, -0.1) is 11.3 Å². The van der Waals surface area contributed by atoms with E-state index >= 15 is 0 Å². The van der Waals surface area contributed by atoms with E-state index < -0.39 is 0 Å². The number of thiophene rings is 1. The molecule has 0 aliphatic heterocycles. The van der Waals surface area contributed by atoms with Crippen molar-refractivity contribution in [1.29, 1.82) is 0 Å². The molecule has 2 rings (SSSR count). The van der Waals surface area contributed by atoms with Crippen LogP contribution in [0.2, 0.25) is 0 Å². The molecule has 0 aliphatic rings. The third kappa shape index (κ3) is 2.54. The van der Waals surface area contributed by atoms with E-state index in [4.69, 9.17) is 4.42 Å². The zero-order valence-electron chi connectivity index (χ0n) is 9.91. The van der Waals surface area contributed by atoms with Gasteiger partial charge in [0.15, 0.2) is 0 Å². The van der Waals surface area contributed by atoms with Gasteiger partial charge >= 0.3 is 0 Å². The van der Waals surface area contributed by atoms with Crippen molar-refractivity contribution in [2.45, 2.75) is 33.4 Å². The monoisotopic (exact) mass is 235 g/mol. The van der Waals surface area contributed by atoms with E-state index in [1.165, 1.54) is 15.3 Å². The Bertz CT molecular complexity index is 444. The van der Waals surface area contributed by atoms with Crippen LogP contribution in [0.25, 0.3) is 0 Å². The summed E-state index contributed by atoms with van der Waals surface area (Å²) in [5.74, 6) is 0.990. The molecule has 2 nitrogen and oxygen atoms in total. The number of furan rings is 1. The van der Waals surface area contributed by atoms with Gasteiger partial charge in [-0.2, -0.15) is 0 Å². The smallest absolute Gasteiger partial charge is 0.120 e. The molecule has 0 radical (unpaired) electrons. The predicted molar refractivity (Wildman–Crippen MR) is 67.8 cm³/mol. The van der Waals surface area contributed by atoms with Crippen molar-refractivity contribution in [3.63, 3.8) is 0 Å². The van der Waals surface area contributed by atoms with Crippen molar-refractivity contribution in [2.75, 3.05) is 0 Å². The van der Waals surface area contributed by atoms with Gasteiger partial charge in [0.2, 0.25) is 0 Å². The molecule has 0 spiro atoms. The van der Waals surface area contributed by atoms with Gasteiger partial charge in [-0.25, -0.2) is 0 Å². The van der Waals surface area contributed by atoms with Crippen LogP contribution in [0, 0.1) is 13.8 Å². The minimum absolute atomic E-state index is 0.259. The van der Waals surface area contributed by atoms with Crippen LogP contribution in [-0.4, -0.2) is 0 Å². The molecule has 1 N–H and O–H groups in total.